The molecule has 3 unspecified atom stereocenters. The van der Waals surface area contributed by atoms with Gasteiger partial charge in [-0.05, 0) is 56.9 Å². The van der Waals surface area contributed by atoms with Crippen molar-refractivity contribution in [3.63, 3.8) is 0 Å². The number of aromatic nitrogens is 2. The van der Waals surface area contributed by atoms with Crippen LogP contribution in [-0.2, 0) is 0 Å². The molecule has 1 aromatic heterocycles. The van der Waals surface area contributed by atoms with Gasteiger partial charge in [-0.15, -0.1) is 0 Å². The van der Waals surface area contributed by atoms with Crippen LogP contribution in [0.1, 0.15) is 70.9 Å². The number of H-pyrrole nitrogens is 1. The maximum Gasteiger partial charge on any atom is 0.274 e. The second-order valence-electron chi connectivity index (χ2n) is 9.22. The van der Waals surface area contributed by atoms with Crippen LogP contribution in [0.15, 0.2) is 47.3 Å². The smallest absolute Gasteiger partial charge is 0.274 e. The summed E-state index contributed by atoms with van der Waals surface area (Å²) < 4.78 is 0. The number of rotatable bonds is 7. The predicted molar refractivity (Wildman–Crippen MR) is 134 cm³/mol. The molecule has 3 aromatic rings. The maximum absolute atomic E-state index is 12.9. The summed E-state index contributed by atoms with van der Waals surface area (Å²) in [5.74, 6) is 0. The molecule has 2 N–H and O–H groups in total. The lowest BCUT2D eigenvalue weighted by Crippen LogP contribution is -2.46. The monoisotopic (exact) mass is 432 g/mol. The minimum atomic E-state index is -0.146. The zero-order valence-corrected chi connectivity index (χ0v) is 19.8. The van der Waals surface area contributed by atoms with Crippen molar-refractivity contribution in [2.75, 3.05) is 12.4 Å². The highest BCUT2D eigenvalue weighted by Gasteiger charge is 2.32. The van der Waals surface area contributed by atoms with Gasteiger partial charge in [0.1, 0.15) is 5.69 Å². The van der Waals surface area contributed by atoms with E-state index in [9.17, 15) is 4.79 Å². The Balaban J connectivity index is 1.87. The predicted octanol–water partition coefficient (Wildman–Crippen LogP) is 6.13. The molecule has 0 amide bonds. The first-order valence-electron chi connectivity index (χ1n) is 12.1. The van der Waals surface area contributed by atoms with E-state index < -0.39 is 0 Å². The molecule has 1 saturated heterocycles. The molecule has 1 aliphatic heterocycles. The summed E-state index contributed by atoms with van der Waals surface area (Å²) in [5, 5.41) is 3.15. The lowest BCUT2D eigenvalue weighted by molar-refractivity contribution is 0.0495. The van der Waals surface area contributed by atoms with E-state index >= 15 is 0 Å². The molecular formula is C27H36N4O. The fourth-order valence-electron chi connectivity index (χ4n) is 5.34. The van der Waals surface area contributed by atoms with Crippen LogP contribution in [0, 0.1) is 0 Å². The number of fused-ring (bicyclic) bond motifs is 1. The number of likely N-dealkylation sites (tertiary alicyclic amines) is 1. The van der Waals surface area contributed by atoms with Crippen LogP contribution in [0.25, 0.3) is 22.3 Å². The largest absolute Gasteiger partial charge is 0.388 e. The second kappa shape index (κ2) is 9.86. The van der Waals surface area contributed by atoms with Gasteiger partial charge >= 0.3 is 0 Å². The number of benzene rings is 2. The first kappa shape index (κ1) is 22.5. The number of nitrogens with zero attached hydrogens (tertiary/aromatic N) is 2. The van der Waals surface area contributed by atoms with Crippen molar-refractivity contribution in [1.29, 1.82) is 0 Å². The van der Waals surface area contributed by atoms with E-state index in [0.29, 0.717) is 23.8 Å². The van der Waals surface area contributed by atoms with E-state index in [1.807, 2.05) is 37.4 Å². The zero-order valence-electron chi connectivity index (χ0n) is 19.8. The number of anilines is 1. The summed E-state index contributed by atoms with van der Waals surface area (Å²) in [6.07, 6.45) is 7.23. The minimum Gasteiger partial charge on any atom is -0.388 e. The van der Waals surface area contributed by atoms with Crippen molar-refractivity contribution in [3.8, 4) is 11.3 Å². The molecular weight excluding hydrogens is 396 g/mol. The van der Waals surface area contributed by atoms with Gasteiger partial charge in [0.25, 0.3) is 5.56 Å². The van der Waals surface area contributed by atoms with Crippen LogP contribution in [0.2, 0.25) is 0 Å². The fourth-order valence-corrected chi connectivity index (χ4v) is 5.34. The average molecular weight is 433 g/mol. The molecule has 3 atom stereocenters. The van der Waals surface area contributed by atoms with E-state index in [1.54, 1.807) is 0 Å². The summed E-state index contributed by atoms with van der Waals surface area (Å²) in [7, 11) is 1.88. The van der Waals surface area contributed by atoms with Gasteiger partial charge in [-0.2, -0.15) is 0 Å². The van der Waals surface area contributed by atoms with E-state index in [0.717, 1.165) is 28.7 Å². The SMILES string of the molecule is CCCCC(c1cccc2[nH]c(=O)c(-c3cccc(NC)c3)nc12)N1C(C)CCCC1C. The molecule has 32 heavy (non-hydrogen) atoms. The molecule has 170 valence electrons. The van der Waals surface area contributed by atoms with Crippen LogP contribution in [0.4, 0.5) is 5.69 Å². The number of hydrogen-bond donors (Lipinski definition) is 2. The number of para-hydroxylation sites is 1. The number of piperidine rings is 1. The summed E-state index contributed by atoms with van der Waals surface area (Å²) in [6, 6.07) is 15.5. The Morgan fingerprint density at radius 1 is 1.16 bits per heavy atom. The maximum atomic E-state index is 12.9. The molecule has 0 bridgehead atoms. The molecule has 0 radical (unpaired) electrons. The first-order chi connectivity index (χ1) is 15.5. The quantitative estimate of drug-likeness (QED) is 0.472. The molecule has 4 rings (SSSR count). The van der Waals surface area contributed by atoms with Gasteiger partial charge in [0.2, 0.25) is 0 Å². The van der Waals surface area contributed by atoms with E-state index in [4.69, 9.17) is 4.98 Å². The highest BCUT2D eigenvalue weighted by molar-refractivity contribution is 5.81. The van der Waals surface area contributed by atoms with Crippen LogP contribution in [0.5, 0.6) is 0 Å². The van der Waals surface area contributed by atoms with Crippen LogP contribution >= 0.6 is 0 Å². The van der Waals surface area contributed by atoms with Gasteiger partial charge in [0.05, 0.1) is 11.0 Å². The Labute approximate surface area is 191 Å². The van der Waals surface area contributed by atoms with E-state index in [-0.39, 0.29) is 5.56 Å². The van der Waals surface area contributed by atoms with Gasteiger partial charge in [-0.25, -0.2) is 4.98 Å². The van der Waals surface area contributed by atoms with Crippen LogP contribution in [-0.4, -0.2) is 34.0 Å². The fraction of sp³-hybridized carbons (Fsp3) is 0.481. The lowest BCUT2D eigenvalue weighted by Gasteiger charge is -2.44. The van der Waals surface area contributed by atoms with Gasteiger partial charge < -0.3 is 10.3 Å². The van der Waals surface area contributed by atoms with Crippen molar-refractivity contribution in [2.24, 2.45) is 0 Å². The van der Waals surface area contributed by atoms with Crippen LogP contribution in [0.3, 0.4) is 0 Å². The molecule has 0 saturated carbocycles. The standard InChI is InChI=1S/C27H36N4O/c1-5-6-16-24(31-18(2)10-7-11-19(31)3)22-14-9-15-23-26(22)30-25(27(32)29-23)20-12-8-13-21(17-20)28-4/h8-9,12-15,17-19,24,28H,5-7,10-11,16H2,1-4H3,(H,29,32). The lowest BCUT2D eigenvalue weighted by atomic mass is 9.89. The van der Waals surface area contributed by atoms with Crippen molar-refractivity contribution >= 4 is 16.7 Å². The topological polar surface area (TPSA) is 61.0 Å². The molecule has 1 fully saturated rings. The van der Waals surface area contributed by atoms with Crippen molar-refractivity contribution in [1.82, 2.24) is 14.9 Å². The number of aromatic amines is 1. The Morgan fingerprint density at radius 3 is 2.62 bits per heavy atom. The highest BCUT2D eigenvalue weighted by Crippen LogP contribution is 2.38. The number of hydrogen-bond acceptors (Lipinski definition) is 4. The van der Waals surface area contributed by atoms with Crippen molar-refractivity contribution in [3.05, 3.63) is 58.4 Å². The van der Waals surface area contributed by atoms with E-state index in [1.165, 1.54) is 37.7 Å². The normalized spacial score (nSPS) is 20.4. The second-order valence-corrected chi connectivity index (χ2v) is 9.22. The van der Waals surface area contributed by atoms with Gasteiger partial charge in [0, 0.05) is 36.4 Å². The third kappa shape index (κ3) is 4.44. The minimum absolute atomic E-state index is 0.146. The molecule has 0 aliphatic carbocycles. The Hall–Kier alpha value is -2.66. The number of nitrogens with one attached hydrogen (secondary N) is 2. The van der Waals surface area contributed by atoms with Gasteiger partial charge in [-0.3, -0.25) is 9.69 Å². The van der Waals surface area contributed by atoms with Crippen LogP contribution < -0.4 is 10.9 Å². The Morgan fingerprint density at radius 2 is 1.91 bits per heavy atom. The molecule has 5 heteroatoms. The summed E-state index contributed by atoms with van der Waals surface area (Å²) in [6.45, 7) is 6.99. The Kier molecular flexibility index (Phi) is 6.95. The molecule has 2 heterocycles. The molecule has 5 nitrogen and oxygen atoms in total. The van der Waals surface area contributed by atoms with Crippen molar-refractivity contribution < 1.29 is 0 Å². The number of unbranched alkanes of at least 4 members (excludes halogenated alkanes) is 1. The third-order valence-corrected chi connectivity index (χ3v) is 6.99. The summed E-state index contributed by atoms with van der Waals surface area (Å²) >= 11 is 0. The molecule has 2 aromatic carbocycles. The van der Waals surface area contributed by atoms with Gasteiger partial charge in [-0.1, -0.05) is 50.5 Å². The molecule has 0 spiro atoms. The average Bonchev–Trinajstić information content (AvgIpc) is 2.80. The highest BCUT2D eigenvalue weighted by atomic mass is 16.1. The summed E-state index contributed by atoms with van der Waals surface area (Å²) in [5.41, 5.74) is 5.11. The third-order valence-electron chi connectivity index (χ3n) is 6.99. The van der Waals surface area contributed by atoms with E-state index in [2.05, 4.69) is 48.1 Å². The van der Waals surface area contributed by atoms with Gasteiger partial charge in [0.15, 0.2) is 0 Å². The zero-order chi connectivity index (χ0) is 22.7. The Bertz CT molecular complexity index is 1110. The summed E-state index contributed by atoms with van der Waals surface area (Å²) in [4.78, 5) is 23.8. The van der Waals surface area contributed by atoms with Crippen molar-refractivity contribution in [2.45, 2.75) is 77.4 Å². The molecule has 1 aliphatic rings. The first-order valence-corrected chi connectivity index (χ1v) is 12.1.